The predicted octanol–water partition coefficient (Wildman–Crippen LogP) is 3.52. The number of amides is 2. The molecule has 0 aliphatic heterocycles. The van der Waals surface area contributed by atoms with Gasteiger partial charge in [0, 0.05) is 23.7 Å². The highest BCUT2D eigenvalue weighted by Crippen LogP contribution is 2.16. The molecule has 1 aromatic carbocycles. The van der Waals surface area contributed by atoms with Crippen molar-refractivity contribution in [1.82, 2.24) is 15.5 Å². The van der Waals surface area contributed by atoms with Crippen molar-refractivity contribution in [1.29, 1.82) is 0 Å². The summed E-state index contributed by atoms with van der Waals surface area (Å²) in [5, 5.41) is 14.9. The maximum absolute atomic E-state index is 12.2. The van der Waals surface area contributed by atoms with Crippen LogP contribution in [0, 0.1) is 5.92 Å². The van der Waals surface area contributed by atoms with Crippen molar-refractivity contribution in [3.8, 4) is 0 Å². The van der Waals surface area contributed by atoms with Crippen LogP contribution >= 0.6 is 11.3 Å². The molecule has 0 aliphatic rings. The average Bonchev–Trinajstić information content (AvgIpc) is 3.03. The van der Waals surface area contributed by atoms with Crippen LogP contribution in [0.15, 0.2) is 24.3 Å². The van der Waals surface area contributed by atoms with E-state index < -0.39 is 0 Å². The molecule has 6 nitrogen and oxygen atoms in total. The first-order valence-electron chi connectivity index (χ1n) is 8.43. The minimum atomic E-state index is -0.288. The normalized spacial score (nSPS) is 12.0. The summed E-state index contributed by atoms with van der Waals surface area (Å²) in [4.78, 5) is 24.3. The molecule has 0 fully saturated rings. The van der Waals surface area contributed by atoms with E-state index in [2.05, 4.69) is 34.7 Å². The number of hydrogen-bond donors (Lipinski definition) is 2. The number of hydrogen-bond acceptors (Lipinski definition) is 5. The highest BCUT2D eigenvalue weighted by Gasteiger charge is 2.14. The Hall–Kier alpha value is -2.28. The number of benzene rings is 1. The van der Waals surface area contributed by atoms with Gasteiger partial charge < -0.3 is 10.6 Å². The van der Waals surface area contributed by atoms with Gasteiger partial charge in [-0.25, -0.2) is 0 Å². The third-order valence-corrected chi connectivity index (χ3v) is 4.58. The van der Waals surface area contributed by atoms with Gasteiger partial charge in [-0.3, -0.25) is 9.59 Å². The number of nitrogens with zero attached hydrogens (tertiary/aromatic N) is 2. The summed E-state index contributed by atoms with van der Waals surface area (Å²) in [5.74, 6) is 0.0666. The lowest BCUT2D eigenvalue weighted by Gasteiger charge is -2.11. The van der Waals surface area contributed by atoms with Crippen LogP contribution in [-0.4, -0.2) is 28.1 Å². The van der Waals surface area contributed by atoms with Gasteiger partial charge in [0.2, 0.25) is 5.01 Å². The number of carbonyl (C=O) groups excluding carboxylic acids is 2. The van der Waals surface area contributed by atoms with Crippen molar-refractivity contribution in [3.05, 3.63) is 39.8 Å². The summed E-state index contributed by atoms with van der Waals surface area (Å²) in [5.41, 5.74) is 1.18. The van der Waals surface area contributed by atoms with E-state index in [0.717, 1.165) is 17.8 Å². The predicted molar refractivity (Wildman–Crippen MR) is 100 cm³/mol. The van der Waals surface area contributed by atoms with Crippen molar-refractivity contribution in [2.45, 2.75) is 46.6 Å². The first-order valence-corrected chi connectivity index (χ1v) is 9.25. The third kappa shape index (κ3) is 5.63. The molecule has 0 radical (unpaired) electrons. The fourth-order valence-corrected chi connectivity index (χ4v) is 3.02. The summed E-state index contributed by atoms with van der Waals surface area (Å²) in [7, 11) is 0. The largest absolute Gasteiger partial charge is 0.350 e. The molecule has 25 heavy (non-hydrogen) atoms. The molecule has 2 aromatic rings. The lowest BCUT2D eigenvalue weighted by Crippen LogP contribution is -2.31. The molecule has 1 heterocycles. The maximum Gasteiger partial charge on any atom is 0.286 e. The summed E-state index contributed by atoms with van der Waals surface area (Å²) >= 11 is 1.31. The molecule has 0 unspecified atom stereocenters. The molecule has 0 spiro atoms. The van der Waals surface area contributed by atoms with Crippen molar-refractivity contribution in [2.75, 3.05) is 5.32 Å². The number of carbonyl (C=O) groups is 2. The Morgan fingerprint density at radius 1 is 1.08 bits per heavy atom. The summed E-state index contributed by atoms with van der Waals surface area (Å²) in [6.07, 6.45) is 1.69. The van der Waals surface area contributed by atoms with Gasteiger partial charge in [-0.1, -0.05) is 32.1 Å². The molecule has 1 aromatic heterocycles. The molecule has 134 valence electrons. The summed E-state index contributed by atoms with van der Waals surface area (Å²) in [6, 6.07) is 6.93. The topological polar surface area (TPSA) is 84.0 Å². The molecule has 0 bridgehead atoms. The zero-order valence-electron chi connectivity index (χ0n) is 15.0. The van der Waals surface area contributed by atoms with E-state index >= 15 is 0 Å². The molecular weight excluding hydrogens is 336 g/mol. The van der Waals surface area contributed by atoms with Crippen molar-refractivity contribution in [3.63, 3.8) is 0 Å². The van der Waals surface area contributed by atoms with Crippen LogP contribution in [0.3, 0.4) is 0 Å². The van der Waals surface area contributed by atoms with Crippen LogP contribution < -0.4 is 10.6 Å². The molecule has 0 aliphatic carbocycles. The van der Waals surface area contributed by atoms with Gasteiger partial charge in [-0.2, -0.15) is 0 Å². The van der Waals surface area contributed by atoms with Crippen molar-refractivity contribution >= 4 is 28.8 Å². The standard InChI is InChI=1S/C18H24N4O2S/c1-5-12(4)19-16(23)13-6-8-14(9-7-13)20-17(24)18-22-21-15(25-18)10-11(2)3/h6-9,11-12H,5,10H2,1-4H3,(H,19,23)(H,20,24)/t12-/m1/s1. The van der Waals surface area contributed by atoms with Gasteiger partial charge in [0.05, 0.1) is 0 Å². The molecule has 2 rings (SSSR count). The van der Waals surface area contributed by atoms with E-state index in [-0.39, 0.29) is 17.9 Å². The minimum absolute atomic E-state index is 0.116. The quantitative estimate of drug-likeness (QED) is 0.791. The zero-order valence-corrected chi connectivity index (χ0v) is 15.8. The molecule has 2 amide bonds. The second kappa shape index (κ2) is 8.71. The van der Waals surface area contributed by atoms with E-state index in [9.17, 15) is 9.59 Å². The number of rotatable bonds is 7. The van der Waals surface area contributed by atoms with E-state index in [4.69, 9.17) is 0 Å². The van der Waals surface area contributed by atoms with Crippen LogP contribution in [-0.2, 0) is 6.42 Å². The molecular formula is C18H24N4O2S. The van der Waals surface area contributed by atoms with Gasteiger partial charge in [-0.05, 0) is 43.5 Å². The summed E-state index contributed by atoms with van der Waals surface area (Å²) in [6.45, 7) is 8.17. The Morgan fingerprint density at radius 2 is 1.76 bits per heavy atom. The Bertz CT molecular complexity index is 725. The van der Waals surface area contributed by atoms with Gasteiger partial charge in [0.15, 0.2) is 0 Å². The first kappa shape index (κ1) is 19.1. The van der Waals surface area contributed by atoms with Crippen LogP contribution in [0.5, 0.6) is 0 Å². The number of anilines is 1. The molecule has 0 saturated carbocycles. The van der Waals surface area contributed by atoms with Crippen molar-refractivity contribution < 1.29 is 9.59 Å². The summed E-state index contributed by atoms with van der Waals surface area (Å²) < 4.78 is 0. The number of nitrogens with one attached hydrogen (secondary N) is 2. The van der Waals surface area contributed by atoms with Crippen LogP contribution in [0.25, 0.3) is 0 Å². The van der Waals surface area contributed by atoms with E-state index in [1.54, 1.807) is 24.3 Å². The van der Waals surface area contributed by atoms with E-state index in [1.807, 2.05) is 13.8 Å². The van der Waals surface area contributed by atoms with Gasteiger partial charge >= 0.3 is 0 Å². The fourth-order valence-electron chi connectivity index (χ4n) is 2.08. The van der Waals surface area contributed by atoms with E-state index in [1.165, 1.54) is 11.3 Å². The lowest BCUT2D eigenvalue weighted by molar-refractivity contribution is 0.0938. The smallest absolute Gasteiger partial charge is 0.286 e. The minimum Gasteiger partial charge on any atom is -0.350 e. The second-order valence-electron chi connectivity index (χ2n) is 6.41. The fraction of sp³-hybridized carbons (Fsp3) is 0.444. The Morgan fingerprint density at radius 3 is 2.36 bits per heavy atom. The highest BCUT2D eigenvalue weighted by molar-refractivity contribution is 7.13. The van der Waals surface area contributed by atoms with Crippen LogP contribution in [0.2, 0.25) is 0 Å². The lowest BCUT2D eigenvalue weighted by atomic mass is 10.1. The van der Waals surface area contributed by atoms with E-state index in [0.29, 0.717) is 22.2 Å². The Balaban J connectivity index is 1.97. The van der Waals surface area contributed by atoms with Crippen LogP contribution in [0.1, 0.15) is 59.3 Å². The highest BCUT2D eigenvalue weighted by atomic mass is 32.1. The molecule has 7 heteroatoms. The molecule has 0 saturated heterocycles. The Kier molecular flexibility index (Phi) is 6.64. The first-order chi connectivity index (χ1) is 11.9. The second-order valence-corrected chi connectivity index (χ2v) is 7.48. The van der Waals surface area contributed by atoms with Crippen LogP contribution in [0.4, 0.5) is 5.69 Å². The molecule has 1 atom stereocenters. The molecule has 2 N–H and O–H groups in total. The van der Waals surface area contributed by atoms with Gasteiger partial charge in [-0.15, -0.1) is 10.2 Å². The third-order valence-electron chi connectivity index (χ3n) is 3.64. The average molecular weight is 360 g/mol. The zero-order chi connectivity index (χ0) is 18.4. The maximum atomic E-state index is 12.2. The SMILES string of the molecule is CC[C@@H](C)NC(=O)c1ccc(NC(=O)c2nnc(CC(C)C)s2)cc1. The van der Waals surface area contributed by atoms with Gasteiger partial charge in [0.1, 0.15) is 5.01 Å². The number of aromatic nitrogens is 2. The Labute approximate surface area is 152 Å². The van der Waals surface area contributed by atoms with Gasteiger partial charge in [0.25, 0.3) is 11.8 Å². The van der Waals surface area contributed by atoms with Crippen molar-refractivity contribution in [2.24, 2.45) is 5.92 Å². The monoisotopic (exact) mass is 360 g/mol.